The maximum atomic E-state index is 12.7. The van der Waals surface area contributed by atoms with Crippen LogP contribution in [0.15, 0.2) is 40.3 Å². The summed E-state index contributed by atoms with van der Waals surface area (Å²) in [6.07, 6.45) is 5.45. The number of hydrogen-bond acceptors (Lipinski definition) is 5. The summed E-state index contributed by atoms with van der Waals surface area (Å²) >= 11 is 1.79. The van der Waals surface area contributed by atoms with Gasteiger partial charge in [-0.25, -0.2) is 9.42 Å². The Labute approximate surface area is 156 Å². The minimum atomic E-state index is 0.0271. The lowest BCUT2D eigenvalue weighted by Crippen LogP contribution is -2.48. The molecular formula is C19H22N4O2S. The van der Waals surface area contributed by atoms with Gasteiger partial charge in [-0.15, -0.1) is 11.3 Å². The van der Waals surface area contributed by atoms with E-state index in [1.807, 2.05) is 23.1 Å². The number of piperidine rings is 1. The topological polar surface area (TPSA) is 71.3 Å². The summed E-state index contributed by atoms with van der Waals surface area (Å²) in [5.74, 6) is 0. The van der Waals surface area contributed by atoms with Crippen LogP contribution in [0.2, 0.25) is 0 Å². The number of nitrogens with one attached hydrogen (secondary N) is 1. The van der Waals surface area contributed by atoms with E-state index >= 15 is 0 Å². The second kappa shape index (κ2) is 7.86. The van der Waals surface area contributed by atoms with Gasteiger partial charge in [-0.05, 0) is 71.6 Å². The second-order valence-electron chi connectivity index (χ2n) is 6.71. The van der Waals surface area contributed by atoms with Gasteiger partial charge in [-0.3, -0.25) is 0 Å². The van der Waals surface area contributed by atoms with Crippen molar-refractivity contribution in [3.05, 3.63) is 46.2 Å². The van der Waals surface area contributed by atoms with E-state index in [2.05, 4.69) is 33.1 Å². The van der Waals surface area contributed by atoms with E-state index in [4.69, 9.17) is 4.63 Å². The standard InChI is InChI=1S/C19H22N4O2S/c24-19(20-13-14-6-9-17-18(12-14)22-25-21-17)23-10-2-1-4-15(23)7-8-16-5-3-11-26-16/h3,5-6,9,11-12,15H,1-2,4,7-8,10,13H2,(H,20,24)/t15-/m0/s1. The van der Waals surface area contributed by atoms with Crippen molar-refractivity contribution in [3.8, 4) is 0 Å². The number of aromatic nitrogens is 2. The zero-order chi connectivity index (χ0) is 17.8. The number of nitrogens with zero attached hydrogens (tertiary/aromatic N) is 3. The minimum Gasteiger partial charge on any atom is -0.334 e. The van der Waals surface area contributed by atoms with Crippen molar-refractivity contribution < 1.29 is 9.42 Å². The largest absolute Gasteiger partial charge is 0.334 e. The van der Waals surface area contributed by atoms with E-state index in [0.717, 1.165) is 43.3 Å². The van der Waals surface area contributed by atoms with Crippen LogP contribution in [0.5, 0.6) is 0 Å². The molecule has 1 aromatic carbocycles. The number of benzene rings is 1. The average molecular weight is 370 g/mol. The van der Waals surface area contributed by atoms with Crippen molar-refractivity contribution in [1.82, 2.24) is 20.5 Å². The maximum Gasteiger partial charge on any atom is 0.317 e. The van der Waals surface area contributed by atoms with Gasteiger partial charge >= 0.3 is 6.03 Å². The fourth-order valence-electron chi connectivity index (χ4n) is 3.55. The first kappa shape index (κ1) is 17.0. The third kappa shape index (κ3) is 3.88. The molecule has 1 fully saturated rings. The van der Waals surface area contributed by atoms with Gasteiger partial charge in [0.1, 0.15) is 11.0 Å². The molecule has 26 heavy (non-hydrogen) atoms. The molecule has 0 bridgehead atoms. The van der Waals surface area contributed by atoms with E-state index in [-0.39, 0.29) is 6.03 Å². The molecule has 4 rings (SSSR count). The Kier molecular flexibility index (Phi) is 5.15. The molecule has 0 unspecified atom stereocenters. The van der Waals surface area contributed by atoms with Crippen LogP contribution < -0.4 is 5.32 Å². The molecule has 2 aromatic heterocycles. The van der Waals surface area contributed by atoms with Crippen LogP contribution in [0.3, 0.4) is 0 Å². The number of amides is 2. The Bertz CT molecular complexity index is 861. The number of fused-ring (bicyclic) bond motifs is 1. The van der Waals surface area contributed by atoms with Gasteiger partial charge in [0.05, 0.1) is 0 Å². The highest BCUT2D eigenvalue weighted by Gasteiger charge is 2.26. The molecule has 0 aliphatic carbocycles. The molecule has 136 valence electrons. The predicted octanol–water partition coefficient (Wildman–Crippen LogP) is 3.98. The first-order chi connectivity index (χ1) is 12.8. The quantitative estimate of drug-likeness (QED) is 0.737. The summed E-state index contributed by atoms with van der Waals surface area (Å²) < 4.78 is 4.72. The molecule has 0 spiro atoms. The molecule has 1 aliphatic rings. The van der Waals surface area contributed by atoms with Crippen LogP contribution in [0, 0.1) is 0 Å². The zero-order valence-corrected chi connectivity index (χ0v) is 15.4. The lowest BCUT2D eigenvalue weighted by molar-refractivity contribution is 0.146. The summed E-state index contributed by atoms with van der Waals surface area (Å²) in [7, 11) is 0. The van der Waals surface area contributed by atoms with Crippen LogP contribution in [0.1, 0.15) is 36.1 Å². The Morgan fingerprint density at radius 3 is 3.08 bits per heavy atom. The van der Waals surface area contributed by atoms with E-state index in [9.17, 15) is 4.79 Å². The van der Waals surface area contributed by atoms with E-state index in [1.54, 1.807) is 11.3 Å². The highest BCUT2D eigenvalue weighted by molar-refractivity contribution is 7.09. The summed E-state index contributed by atoms with van der Waals surface area (Å²) in [5.41, 5.74) is 2.43. The molecule has 6 nitrogen and oxygen atoms in total. The highest BCUT2D eigenvalue weighted by Crippen LogP contribution is 2.23. The maximum absolute atomic E-state index is 12.7. The summed E-state index contributed by atoms with van der Waals surface area (Å²) in [4.78, 5) is 16.1. The molecule has 1 atom stereocenters. The van der Waals surface area contributed by atoms with Crippen LogP contribution >= 0.6 is 11.3 Å². The van der Waals surface area contributed by atoms with Crippen molar-refractivity contribution in [2.24, 2.45) is 0 Å². The summed E-state index contributed by atoms with van der Waals surface area (Å²) in [6, 6.07) is 10.3. The predicted molar refractivity (Wildman–Crippen MR) is 101 cm³/mol. The molecule has 3 heterocycles. The van der Waals surface area contributed by atoms with Gasteiger partial charge in [0.25, 0.3) is 0 Å². The summed E-state index contributed by atoms with van der Waals surface area (Å²) in [5, 5.41) is 12.8. The molecule has 1 N–H and O–H groups in total. The van der Waals surface area contributed by atoms with Crippen molar-refractivity contribution in [2.75, 3.05) is 6.54 Å². The minimum absolute atomic E-state index is 0.0271. The number of carbonyl (C=O) groups excluding carboxylic acids is 1. The van der Waals surface area contributed by atoms with Crippen LogP contribution in [-0.4, -0.2) is 33.8 Å². The van der Waals surface area contributed by atoms with E-state index in [0.29, 0.717) is 18.1 Å². The lowest BCUT2D eigenvalue weighted by Gasteiger charge is -2.35. The molecule has 0 saturated carbocycles. The Hall–Kier alpha value is -2.41. The van der Waals surface area contributed by atoms with Crippen molar-refractivity contribution in [2.45, 2.75) is 44.7 Å². The summed E-state index contributed by atoms with van der Waals surface area (Å²) in [6.45, 7) is 1.32. The first-order valence-corrected chi connectivity index (χ1v) is 9.95. The third-order valence-electron chi connectivity index (χ3n) is 4.95. The number of hydrogen-bond donors (Lipinski definition) is 1. The molecule has 1 aliphatic heterocycles. The van der Waals surface area contributed by atoms with Gasteiger partial charge in [-0.2, -0.15) is 0 Å². The first-order valence-electron chi connectivity index (χ1n) is 9.07. The Balaban J connectivity index is 1.35. The van der Waals surface area contributed by atoms with Crippen LogP contribution in [-0.2, 0) is 13.0 Å². The van der Waals surface area contributed by atoms with Gasteiger partial charge in [0, 0.05) is 24.0 Å². The number of urea groups is 1. The number of thiophene rings is 1. The molecule has 7 heteroatoms. The fraction of sp³-hybridized carbons (Fsp3) is 0.421. The average Bonchev–Trinajstić information content (AvgIpc) is 3.35. The molecule has 1 saturated heterocycles. The molecule has 2 amide bonds. The normalized spacial score (nSPS) is 17.5. The molecular weight excluding hydrogens is 348 g/mol. The SMILES string of the molecule is O=C(NCc1ccc2nonc2c1)N1CCCC[C@H]1CCc1cccs1. The van der Waals surface area contributed by atoms with Gasteiger partial charge < -0.3 is 10.2 Å². The van der Waals surface area contributed by atoms with E-state index < -0.39 is 0 Å². The van der Waals surface area contributed by atoms with Gasteiger partial charge in [0.15, 0.2) is 0 Å². The molecule has 0 radical (unpaired) electrons. The van der Waals surface area contributed by atoms with E-state index in [1.165, 1.54) is 11.3 Å². The van der Waals surface area contributed by atoms with Crippen LogP contribution in [0.4, 0.5) is 4.79 Å². The Morgan fingerprint density at radius 1 is 1.27 bits per heavy atom. The van der Waals surface area contributed by atoms with Crippen molar-refractivity contribution >= 4 is 28.4 Å². The highest BCUT2D eigenvalue weighted by atomic mass is 32.1. The lowest BCUT2D eigenvalue weighted by atomic mass is 9.98. The zero-order valence-electron chi connectivity index (χ0n) is 14.6. The van der Waals surface area contributed by atoms with Gasteiger partial charge in [-0.1, -0.05) is 12.1 Å². The number of carbonyl (C=O) groups is 1. The van der Waals surface area contributed by atoms with Gasteiger partial charge in [0.2, 0.25) is 0 Å². The van der Waals surface area contributed by atoms with Crippen molar-refractivity contribution in [1.29, 1.82) is 0 Å². The number of aryl methyl sites for hydroxylation is 1. The third-order valence-corrected chi connectivity index (χ3v) is 5.89. The molecule has 3 aromatic rings. The van der Waals surface area contributed by atoms with Crippen LogP contribution in [0.25, 0.3) is 11.0 Å². The smallest absolute Gasteiger partial charge is 0.317 e. The number of rotatable bonds is 5. The fourth-order valence-corrected chi connectivity index (χ4v) is 4.27. The van der Waals surface area contributed by atoms with Crippen molar-refractivity contribution in [3.63, 3.8) is 0 Å². The number of likely N-dealkylation sites (tertiary alicyclic amines) is 1. The Morgan fingerprint density at radius 2 is 2.19 bits per heavy atom. The monoisotopic (exact) mass is 370 g/mol. The second-order valence-corrected chi connectivity index (χ2v) is 7.74.